The molecule has 0 aromatic carbocycles. The van der Waals surface area contributed by atoms with E-state index in [0.29, 0.717) is 5.52 Å². The van der Waals surface area contributed by atoms with Crippen LogP contribution in [0.1, 0.15) is 11.3 Å². The molecule has 0 bridgehead atoms. The average Bonchev–Trinajstić information content (AvgIpc) is 2.39. The van der Waals surface area contributed by atoms with E-state index in [0.717, 1.165) is 4.40 Å². The average molecular weight is 234 g/mol. The van der Waals surface area contributed by atoms with E-state index in [2.05, 4.69) is 0 Å². The van der Waals surface area contributed by atoms with Crippen molar-refractivity contribution in [3.05, 3.63) is 40.7 Å². The number of halogens is 4. The van der Waals surface area contributed by atoms with E-state index in [9.17, 15) is 13.2 Å². The van der Waals surface area contributed by atoms with Gasteiger partial charge in [0.25, 0.3) is 0 Å². The summed E-state index contributed by atoms with van der Waals surface area (Å²) in [7, 11) is 0. The molecule has 5 heteroatoms. The van der Waals surface area contributed by atoms with Crippen LogP contribution in [-0.4, -0.2) is 4.40 Å². The summed E-state index contributed by atoms with van der Waals surface area (Å²) in [5.41, 5.74) is -0.262. The summed E-state index contributed by atoms with van der Waals surface area (Å²) in [6.45, 7) is 1.37. The van der Waals surface area contributed by atoms with Crippen LogP contribution in [0.2, 0.25) is 5.02 Å². The van der Waals surface area contributed by atoms with E-state index >= 15 is 0 Å². The van der Waals surface area contributed by atoms with Crippen molar-refractivity contribution in [1.82, 2.24) is 4.40 Å². The Bertz CT molecular complexity index is 513. The highest BCUT2D eigenvalue weighted by molar-refractivity contribution is 6.34. The van der Waals surface area contributed by atoms with Crippen molar-refractivity contribution in [2.24, 2.45) is 0 Å². The molecule has 0 unspecified atom stereocenters. The third kappa shape index (κ3) is 1.49. The minimum absolute atomic E-state index is 0.0652. The topological polar surface area (TPSA) is 4.41 Å². The van der Waals surface area contributed by atoms with Crippen molar-refractivity contribution >= 4 is 17.1 Å². The van der Waals surface area contributed by atoms with Crippen LogP contribution in [0.5, 0.6) is 0 Å². The zero-order chi connectivity index (χ0) is 11.2. The largest absolute Gasteiger partial charge is 0.432 e. The first-order chi connectivity index (χ1) is 6.93. The molecule has 15 heavy (non-hydrogen) atoms. The van der Waals surface area contributed by atoms with Gasteiger partial charge in [-0.2, -0.15) is 13.2 Å². The number of rotatable bonds is 0. The minimum atomic E-state index is -4.39. The fourth-order valence-electron chi connectivity index (χ4n) is 1.64. The zero-order valence-corrected chi connectivity index (χ0v) is 8.52. The van der Waals surface area contributed by atoms with Crippen LogP contribution in [0.4, 0.5) is 13.2 Å². The molecule has 0 aliphatic heterocycles. The number of nitrogens with zero attached hydrogens (tertiary/aromatic N) is 1. The van der Waals surface area contributed by atoms with Crippen LogP contribution in [0.3, 0.4) is 0 Å². The minimum Gasteiger partial charge on any atom is -0.311 e. The molecule has 0 spiro atoms. The summed E-state index contributed by atoms with van der Waals surface area (Å²) >= 11 is 5.83. The van der Waals surface area contributed by atoms with Gasteiger partial charge in [0.1, 0.15) is 5.69 Å². The molecule has 0 amide bonds. The lowest BCUT2D eigenvalue weighted by Crippen LogP contribution is -2.10. The summed E-state index contributed by atoms with van der Waals surface area (Å²) in [5.74, 6) is 0. The summed E-state index contributed by atoms with van der Waals surface area (Å²) in [4.78, 5) is 0. The monoisotopic (exact) mass is 233 g/mol. The fourth-order valence-corrected chi connectivity index (χ4v) is 1.89. The van der Waals surface area contributed by atoms with Crippen molar-refractivity contribution < 1.29 is 13.2 Å². The molecule has 2 heterocycles. The van der Waals surface area contributed by atoms with Gasteiger partial charge in [0.2, 0.25) is 0 Å². The van der Waals surface area contributed by atoms with Crippen LogP contribution in [-0.2, 0) is 6.18 Å². The van der Waals surface area contributed by atoms with E-state index < -0.39 is 11.9 Å². The molecule has 0 radical (unpaired) electrons. The first kappa shape index (κ1) is 10.4. The second-order valence-electron chi connectivity index (χ2n) is 3.24. The molecule has 0 aliphatic rings. The highest BCUT2D eigenvalue weighted by Crippen LogP contribution is 2.38. The van der Waals surface area contributed by atoms with Crippen LogP contribution >= 0.6 is 11.6 Å². The second-order valence-corrected chi connectivity index (χ2v) is 3.62. The van der Waals surface area contributed by atoms with E-state index in [-0.39, 0.29) is 10.6 Å². The summed E-state index contributed by atoms with van der Waals surface area (Å²) < 4.78 is 39.2. The lowest BCUT2D eigenvalue weighted by molar-refractivity contribution is -0.142. The number of hydrogen-bond acceptors (Lipinski definition) is 0. The van der Waals surface area contributed by atoms with Gasteiger partial charge in [0.15, 0.2) is 0 Å². The van der Waals surface area contributed by atoms with E-state index in [4.69, 9.17) is 11.6 Å². The van der Waals surface area contributed by atoms with Gasteiger partial charge in [0, 0.05) is 6.20 Å². The first-order valence-corrected chi connectivity index (χ1v) is 4.63. The maximum atomic E-state index is 12.7. The van der Waals surface area contributed by atoms with E-state index in [1.807, 2.05) is 0 Å². The predicted molar refractivity (Wildman–Crippen MR) is 52.1 cm³/mol. The molecule has 1 nitrogen and oxygen atoms in total. The number of pyridine rings is 1. The van der Waals surface area contributed by atoms with Gasteiger partial charge >= 0.3 is 6.18 Å². The quantitative estimate of drug-likeness (QED) is 0.650. The number of hydrogen-bond donors (Lipinski definition) is 0. The number of fused-ring (bicyclic) bond motifs is 1. The fraction of sp³-hybridized carbons (Fsp3) is 0.200. The van der Waals surface area contributed by atoms with Crippen LogP contribution in [0.15, 0.2) is 24.4 Å². The molecule has 0 saturated carbocycles. The van der Waals surface area contributed by atoms with Gasteiger partial charge in [-0.15, -0.1) is 0 Å². The van der Waals surface area contributed by atoms with Gasteiger partial charge < -0.3 is 4.40 Å². The molecule has 0 saturated heterocycles. The van der Waals surface area contributed by atoms with Crippen molar-refractivity contribution in [1.29, 1.82) is 0 Å². The van der Waals surface area contributed by atoms with Crippen LogP contribution in [0.25, 0.3) is 5.52 Å². The van der Waals surface area contributed by atoms with Gasteiger partial charge in [-0.1, -0.05) is 17.7 Å². The van der Waals surface area contributed by atoms with Crippen molar-refractivity contribution in [3.63, 3.8) is 0 Å². The highest BCUT2D eigenvalue weighted by Gasteiger charge is 2.37. The van der Waals surface area contributed by atoms with E-state index in [1.54, 1.807) is 12.1 Å². The van der Waals surface area contributed by atoms with Crippen molar-refractivity contribution in [3.8, 4) is 0 Å². The van der Waals surface area contributed by atoms with E-state index in [1.165, 1.54) is 19.2 Å². The van der Waals surface area contributed by atoms with Gasteiger partial charge in [-0.25, -0.2) is 0 Å². The van der Waals surface area contributed by atoms with Gasteiger partial charge in [-0.05, 0) is 24.6 Å². The standard InChI is InChI=1S/C10H7ClF3N/c1-6-8(11)7-4-2-3-5-15(7)9(6)10(12,13)14/h2-5H,1H3. The molecule has 0 fully saturated rings. The van der Waals surface area contributed by atoms with Gasteiger partial charge in [0.05, 0.1) is 10.5 Å². The molecule has 0 N–H and O–H groups in total. The molecule has 80 valence electrons. The molecule has 0 atom stereocenters. The van der Waals surface area contributed by atoms with Crippen LogP contribution in [0, 0.1) is 6.92 Å². The zero-order valence-electron chi connectivity index (χ0n) is 7.77. The highest BCUT2D eigenvalue weighted by atomic mass is 35.5. The summed E-state index contributed by atoms with van der Waals surface area (Å²) in [6, 6.07) is 4.75. The Labute approximate surface area is 89.1 Å². The molecule has 2 aromatic rings. The molecule has 0 aliphatic carbocycles. The molecular formula is C10H7ClF3N. The lowest BCUT2D eigenvalue weighted by Gasteiger charge is -2.07. The second kappa shape index (κ2) is 3.17. The summed E-state index contributed by atoms with van der Waals surface area (Å²) in [5, 5.41) is 0.155. The third-order valence-corrected chi connectivity index (χ3v) is 2.76. The predicted octanol–water partition coefficient (Wildman–Crippen LogP) is 3.92. The lowest BCUT2D eigenvalue weighted by atomic mass is 10.2. The number of aromatic nitrogens is 1. The number of alkyl halides is 3. The molecule has 2 aromatic heterocycles. The normalized spacial score (nSPS) is 12.3. The Hall–Kier alpha value is -1.16. The summed E-state index contributed by atoms with van der Waals surface area (Å²) in [6.07, 6.45) is -3.03. The molecule has 2 rings (SSSR count). The Kier molecular flexibility index (Phi) is 2.19. The van der Waals surface area contributed by atoms with Crippen molar-refractivity contribution in [2.45, 2.75) is 13.1 Å². The Morgan fingerprint density at radius 3 is 2.53 bits per heavy atom. The Morgan fingerprint density at radius 1 is 1.27 bits per heavy atom. The Morgan fingerprint density at radius 2 is 1.93 bits per heavy atom. The Balaban J connectivity index is 2.90. The molecular weight excluding hydrogens is 227 g/mol. The van der Waals surface area contributed by atoms with Gasteiger partial charge in [-0.3, -0.25) is 0 Å². The van der Waals surface area contributed by atoms with Crippen molar-refractivity contribution in [2.75, 3.05) is 0 Å². The van der Waals surface area contributed by atoms with Crippen LogP contribution < -0.4 is 0 Å². The first-order valence-electron chi connectivity index (χ1n) is 4.25. The maximum absolute atomic E-state index is 12.7. The SMILES string of the molecule is Cc1c(Cl)c2ccccn2c1C(F)(F)F. The third-order valence-electron chi connectivity index (χ3n) is 2.28. The smallest absolute Gasteiger partial charge is 0.311 e. The maximum Gasteiger partial charge on any atom is 0.432 e.